The molecule has 0 bridgehead atoms. The zero-order valence-corrected chi connectivity index (χ0v) is 17.5. The van der Waals surface area contributed by atoms with Crippen molar-refractivity contribution < 1.29 is 27.6 Å². The van der Waals surface area contributed by atoms with Crippen LogP contribution in [0.15, 0.2) is 60.7 Å². The van der Waals surface area contributed by atoms with Crippen LogP contribution in [0.2, 0.25) is 0 Å². The zero-order chi connectivity index (χ0) is 19.5. The van der Waals surface area contributed by atoms with Crippen LogP contribution in [-0.4, -0.2) is 29.9 Å². The van der Waals surface area contributed by atoms with E-state index in [9.17, 15) is 18.6 Å². The van der Waals surface area contributed by atoms with Gasteiger partial charge in [-0.05, 0) is 20.3 Å². The molecule has 27 heavy (non-hydrogen) atoms. The van der Waals surface area contributed by atoms with E-state index in [1.54, 1.807) is 0 Å². The molecule has 1 N–H and O–H groups in total. The molecule has 2 unspecified atom stereocenters. The molecule has 0 saturated carbocycles. The molecule has 2 aromatic rings. The lowest BCUT2D eigenvalue weighted by Gasteiger charge is -2.00. The molecule has 0 aliphatic carbocycles. The molecule has 2 atom stereocenters. The summed E-state index contributed by atoms with van der Waals surface area (Å²) in [6.45, 7) is 0.387. The highest BCUT2D eigenvalue weighted by Gasteiger charge is 2.41. The van der Waals surface area contributed by atoms with Gasteiger partial charge in [-0.25, -0.2) is 0 Å². The average molecular weight is 428 g/mol. The van der Waals surface area contributed by atoms with Gasteiger partial charge in [0.2, 0.25) is 0 Å². The standard InChI is InChI=1S/C18H22O6P3/c19-25(23-13-11-17-7-3-1-4-8-17)15-27(21,22)16-26(20)24-14-12-18-9-5-2-6-10-18/h1-10H,11-16H2/q+1/p+1. The molecule has 0 saturated heterocycles. The van der Waals surface area contributed by atoms with E-state index in [2.05, 4.69) is 0 Å². The topological polar surface area (TPSA) is 89.9 Å². The summed E-state index contributed by atoms with van der Waals surface area (Å²) in [7, 11) is -8.43. The Bertz CT molecular complexity index is 719. The molecule has 0 amide bonds. The van der Waals surface area contributed by atoms with Crippen LogP contribution < -0.4 is 0 Å². The molecule has 0 aromatic heterocycles. The normalized spacial score (nSPS) is 14.4. The van der Waals surface area contributed by atoms with Crippen molar-refractivity contribution >= 4 is 23.4 Å². The molecule has 0 aliphatic rings. The Labute approximate surface area is 161 Å². The van der Waals surface area contributed by atoms with E-state index in [0.717, 1.165) is 11.1 Å². The summed E-state index contributed by atoms with van der Waals surface area (Å²) in [5.74, 6) is -1.03. The van der Waals surface area contributed by atoms with Crippen molar-refractivity contribution in [3.63, 3.8) is 0 Å². The van der Waals surface area contributed by atoms with Crippen LogP contribution in [0.25, 0.3) is 0 Å². The molecule has 6 nitrogen and oxygen atoms in total. The van der Waals surface area contributed by atoms with Gasteiger partial charge in [-0.15, -0.1) is 9.05 Å². The van der Waals surface area contributed by atoms with Gasteiger partial charge in [-0.3, -0.25) is 4.57 Å². The molecule has 0 spiro atoms. The largest absolute Gasteiger partial charge is 0.518 e. The number of benzene rings is 2. The van der Waals surface area contributed by atoms with Crippen molar-refractivity contribution in [2.75, 3.05) is 25.0 Å². The third-order valence-electron chi connectivity index (χ3n) is 3.61. The van der Waals surface area contributed by atoms with Crippen LogP contribution in [0, 0.1) is 0 Å². The van der Waals surface area contributed by atoms with E-state index in [1.165, 1.54) is 0 Å². The van der Waals surface area contributed by atoms with Crippen molar-refractivity contribution in [2.24, 2.45) is 0 Å². The van der Waals surface area contributed by atoms with Gasteiger partial charge in [0, 0.05) is 12.8 Å². The molecular formula is C18H23O6P3+2. The predicted molar refractivity (Wildman–Crippen MR) is 107 cm³/mol. The minimum atomic E-state index is -3.85. The molecular weight excluding hydrogens is 405 g/mol. The molecule has 2 aromatic carbocycles. The zero-order valence-electron chi connectivity index (χ0n) is 14.8. The van der Waals surface area contributed by atoms with Crippen molar-refractivity contribution in [1.82, 2.24) is 0 Å². The van der Waals surface area contributed by atoms with E-state index in [-0.39, 0.29) is 13.2 Å². The summed E-state index contributed by atoms with van der Waals surface area (Å²) in [4.78, 5) is 9.92. The first-order valence-corrected chi connectivity index (χ1v) is 13.2. The van der Waals surface area contributed by atoms with Gasteiger partial charge in [0.1, 0.15) is 13.2 Å². The van der Waals surface area contributed by atoms with E-state index in [1.807, 2.05) is 60.7 Å². The van der Waals surface area contributed by atoms with Gasteiger partial charge in [-0.2, -0.15) is 0 Å². The Kier molecular flexibility index (Phi) is 9.44. The molecule has 0 fully saturated rings. The van der Waals surface area contributed by atoms with Crippen LogP contribution in [0.5, 0.6) is 0 Å². The van der Waals surface area contributed by atoms with Crippen LogP contribution >= 0.6 is 23.4 Å². The number of hydrogen-bond donors (Lipinski definition) is 1. The monoisotopic (exact) mass is 428 g/mol. The highest BCUT2D eigenvalue weighted by Crippen LogP contribution is 2.54. The second-order valence-electron chi connectivity index (χ2n) is 5.93. The van der Waals surface area contributed by atoms with Crippen LogP contribution in [0.4, 0.5) is 0 Å². The number of rotatable bonds is 12. The SMILES string of the molecule is O=[P+](CP(=O)(O)C[P+](=O)OCCc1ccccc1)OCCc1ccccc1. The molecule has 0 aliphatic heterocycles. The molecule has 0 heterocycles. The predicted octanol–water partition coefficient (Wildman–Crippen LogP) is 5.18. The van der Waals surface area contributed by atoms with Crippen molar-refractivity contribution in [1.29, 1.82) is 0 Å². The maximum Gasteiger partial charge on any atom is 0.518 e. The van der Waals surface area contributed by atoms with Gasteiger partial charge in [0.25, 0.3) is 19.2 Å². The van der Waals surface area contributed by atoms with Crippen LogP contribution in [0.1, 0.15) is 11.1 Å². The fourth-order valence-electron chi connectivity index (χ4n) is 2.31. The summed E-state index contributed by atoms with van der Waals surface area (Å²) in [6, 6.07) is 19.1. The quantitative estimate of drug-likeness (QED) is 0.469. The third-order valence-corrected chi connectivity index (χ3v) is 9.93. The molecule has 0 radical (unpaired) electrons. The minimum absolute atomic E-state index is 0.193. The smallest absolute Gasteiger partial charge is 0.338 e. The Morgan fingerprint density at radius 1 is 0.741 bits per heavy atom. The van der Waals surface area contributed by atoms with Gasteiger partial charge in [0.05, 0.1) is 0 Å². The van der Waals surface area contributed by atoms with E-state index < -0.39 is 35.2 Å². The van der Waals surface area contributed by atoms with Gasteiger partial charge < -0.3 is 4.89 Å². The van der Waals surface area contributed by atoms with E-state index >= 15 is 0 Å². The van der Waals surface area contributed by atoms with Crippen molar-refractivity contribution in [3.8, 4) is 0 Å². The Morgan fingerprint density at radius 3 is 1.48 bits per heavy atom. The Hall–Kier alpha value is -1.25. The lowest BCUT2D eigenvalue weighted by Crippen LogP contribution is -1.97. The summed E-state index contributed by atoms with van der Waals surface area (Å²) in [6.07, 6.45) is 1.13. The van der Waals surface area contributed by atoms with Gasteiger partial charge in [-0.1, -0.05) is 60.7 Å². The first-order valence-electron chi connectivity index (χ1n) is 8.48. The summed E-state index contributed by atoms with van der Waals surface area (Å²) in [5, 5.41) is 0. The Morgan fingerprint density at radius 2 is 1.11 bits per heavy atom. The third kappa shape index (κ3) is 9.48. The van der Waals surface area contributed by atoms with Crippen LogP contribution in [0.3, 0.4) is 0 Å². The summed E-state index contributed by atoms with van der Waals surface area (Å²) in [5.41, 5.74) is 2.06. The van der Waals surface area contributed by atoms with Crippen molar-refractivity contribution in [2.45, 2.75) is 12.8 Å². The summed E-state index contributed by atoms with van der Waals surface area (Å²) < 4.78 is 46.2. The first-order chi connectivity index (χ1) is 12.9. The second-order valence-corrected chi connectivity index (χ2v) is 11.7. The van der Waals surface area contributed by atoms with E-state index in [4.69, 9.17) is 9.05 Å². The molecule has 9 heteroatoms. The molecule has 144 valence electrons. The van der Waals surface area contributed by atoms with E-state index in [0.29, 0.717) is 12.8 Å². The van der Waals surface area contributed by atoms with Crippen LogP contribution in [-0.2, 0) is 35.6 Å². The fraction of sp³-hybridized carbons (Fsp3) is 0.333. The maximum atomic E-state index is 12.1. The average Bonchev–Trinajstić information content (AvgIpc) is 2.62. The lowest BCUT2D eigenvalue weighted by atomic mass is 10.2. The fourth-order valence-corrected chi connectivity index (χ4v) is 7.60. The Balaban J connectivity index is 1.66. The second kappa shape index (κ2) is 11.6. The number of hydrogen-bond acceptors (Lipinski definition) is 5. The lowest BCUT2D eigenvalue weighted by molar-refractivity contribution is 0.333. The van der Waals surface area contributed by atoms with Gasteiger partial charge in [0.15, 0.2) is 0 Å². The minimum Gasteiger partial charge on any atom is -0.338 e. The highest BCUT2D eigenvalue weighted by atomic mass is 31.2. The van der Waals surface area contributed by atoms with Gasteiger partial charge >= 0.3 is 16.1 Å². The molecule has 2 rings (SSSR count). The first kappa shape index (κ1) is 22.0. The van der Waals surface area contributed by atoms with Crippen molar-refractivity contribution in [3.05, 3.63) is 71.8 Å². The highest BCUT2D eigenvalue weighted by molar-refractivity contribution is 7.74. The maximum absolute atomic E-state index is 12.1. The summed E-state index contributed by atoms with van der Waals surface area (Å²) >= 11 is 0.